The lowest BCUT2D eigenvalue weighted by Crippen LogP contribution is -2.34. The average molecular weight is 276 g/mol. The number of nitrogens with one attached hydrogen (secondary N) is 1. The minimum absolute atomic E-state index is 0.0114. The zero-order valence-corrected chi connectivity index (χ0v) is 12.5. The van der Waals surface area contributed by atoms with Gasteiger partial charge < -0.3 is 15.3 Å². The van der Waals surface area contributed by atoms with E-state index in [-0.39, 0.29) is 24.0 Å². The highest BCUT2D eigenvalue weighted by atomic mass is 16.3. The first-order chi connectivity index (χ1) is 9.41. The molecule has 2 rings (SSSR count). The van der Waals surface area contributed by atoms with E-state index in [1.807, 2.05) is 18.2 Å². The number of aliphatic hydroxyl groups excluding tert-OH is 1. The number of aliphatic hydroxyl groups is 1. The molecule has 1 heterocycles. The van der Waals surface area contributed by atoms with Gasteiger partial charge in [-0.2, -0.15) is 0 Å². The molecule has 0 radical (unpaired) electrons. The molecule has 0 saturated carbocycles. The number of amides is 2. The van der Waals surface area contributed by atoms with Crippen LogP contribution in [0.5, 0.6) is 0 Å². The molecule has 1 aliphatic rings. The summed E-state index contributed by atoms with van der Waals surface area (Å²) in [7, 11) is 0. The predicted octanol–water partition coefficient (Wildman–Crippen LogP) is 2.83. The van der Waals surface area contributed by atoms with Crippen molar-refractivity contribution in [2.45, 2.75) is 32.6 Å². The average Bonchev–Trinajstić information content (AvgIpc) is 2.87. The number of nitrogens with zero attached hydrogens (tertiary/aromatic N) is 1. The van der Waals surface area contributed by atoms with Crippen LogP contribution < -0.4 is 5.32 Å². The summed E-state index contributed by atoms with van der Waals surface area (Å²) in [5.41, 5.74) is 1.99. The standard InChI is InChI=1S/C16H24N2O2/c1-16(2,3)13-6-4-5-7-14(13)17-15(20)18-9-8-12(10-18)11-19/h4-7,12,19H,8-11H2,1-3H3,(H,17,20). The molecule has 0 aliphatic carbocycles. The Labute approximate surface area is 120 Å². The fourth-order valence-corrected chi connectivity index (χ4v) is 2.61. The van der Waals surface area contributed by atoms with Gasteiger partial charge in [-0.25, -0.2) is 4.79 Å². The van der Waals surface area contributed by atoms with Crippen LogP contribution in [0.15, 0.2) is 24.3 Å². The van der Waals surface area contributed by atoms with Gasteiger partial charge in [-0.05, 0) is 23.5 Å². The van der Waals surface area contributed by atoms with Gasteiger partial charge in [0.1, 0.15) is 0 Å². The smallest absolute Gasteiger partial charge is 0.321 e. The van der Waals surface area contributed by atoms with E-state index in [2.05, 4.69) is 32.2 Å². The Morgan fingerprint density at radius 1 is 1.40 bits per heavy atom. The molecule has 110 valence electrons. The predicted molar refractivity (Wildman–Crippen MR) is 80.9 cm³/mol. The van der Waals surface area contributed by atoms with Crippen LogP contribution in [0.3, 0.4) is 0 Å². The summed E-state index contributed by atoms with van der Waals surface area (Å²) >= 11 is 0. The van der Waals surface area contributed by atoms with Crippen molar-refractivity contribution in [1.29, 1.82) is 0 Å². The summed E-state index contributed by atoms with van der Waals surface area (Å²) in [6, 6.07) is 7.85. The van der Waals surface area contributed by atoms with Crippen LogP contribution in [-0.4, -0.2) is 35.7 Å². The molecule has 0 aromatic heterocycles. The summed E-state index contributed by atoms with van der Waals surface area (Å²) in [6.45, 7) is 7.91. The van der Waals surface area contributed by atoms with E-state index in [1.54, 1.807) is 4.90 Å². The van der Waals surface area contributed by atoms with Crippen LogP contribution in [-0.2, 0) is 5.41 Å². The van der Waals surface area contributed by atoms with Crippen molar-refractivity contribution in [3.63, 3.8) is 0 Å². The maximum atomic E-state index is 12.3. The zero-order chi connectivity index (χ0) is 14.8. The first-order valence-corrected chi connectivity index (χ1v) is 7.18. The summed E-state index contributed by atoms with van der Waals surface area (Å²) in [5, 5.41) is 12.2. The number of urea groups is 1. The van der Waals surface area contributed by atoms with E-state index in [9.17, 15) is 4.79 Å². The summed E-state index contributed by atoms with van der Waals surface area (Å²) < 4.78 is 0. The lowest BCUT2D eigenvalue weighted by molar-refractivity contribution is 0.208. The molecular formula is C16H24N2O2. The summed E-state index contributed by atoms with van der Waals surface area (Å²) in [5.74, 6) is 0.221. The maximum absolute atomic E-state index is 12.3. The number of carbonyl (C=O) groups is 1. The van der Waals surface area contributed by atoms with Crippen LogP contribution in [0, 0.1) is 5.92 Å². The van der Waals surface area contributed by atoms with Crippen LogP contribution in [0.1, 0.15) is 32.8 Å². The van der Waals surface area contributed by atoms with Crippen molar-refractivity contribution in [2.24, 2.45) is 5.92 Å². The van der Waals surface area contributed by atoms with E-state index in [4.69, 9.17) is 5.11 Å². The number of hydrogen-bond donors (Lipinski definition) is 2. The first-order valence-electron chi connectivity index (χ1n) is 7.18. The normalized spacial score (nSPS) is 19.2. The molecular weight excluding hydrogens is 252 g/mol. The third-order valence-electron chi connectivity index (χ3n) is 3.81. The monoisotopic (exact) mass is 276 g/mol. The highest BCUT2D eigenvalue weighted by Gasteiger charge is 2.26. The maximum Gasteiger partial charge on any atom is 0.321 e. The van der Waals surface area contributed by atoms with Gasteiger partial charge in [-0.1, -0.05) is 39.0 Å². The molecule has 1 fully saturated rings. The van der Waals surface area contributed by atoms with Gasteiger partial charge in [0.05, 0.1) is 0 Å². The lowest BCUT2D eigenvalue weighted by atomic mass is 9.86. The van der Waals surface area contributed by atoms with E-state index < -0.39 is 0 Å². The number of benzene rings is 1. The zero-order valence-electron chi connectivity index (χ0n) is 12.5. The first kappa shape index (κ1) is 14.9. The molecule has 1 saturated heterocycles. The van der Waals surface area contributed by atoms with E-state index >= 15 is 0 Å². The minimum atomic E-state index is -0.0716. The van der Waals surface area contributed by atoms with Crippen molar-refractivity contribution in [1.82, 2.24) is 4.90 Å². The fourth-order valence-electron chi connectivity index (χ4n) is 2.61. The van der Waals surface area contributed by atoms with E-state index in [0.717, 1.165) is 24.2 Å². The van der Waals surface area contributed by atoms with Gasteiger partial charge in [0.25, 0.3) is 0 Å². The molecule has 1 aliphatic heterocycles. The Morgan fingerprint density at radius 3 is 2.70 bits per heavy atom. The molecule has 1 unspecified atom stereocenters. The topological polar surface area (TPSA) is 52.6 Å². The molecule has 4 heteroatoms. The molecule has 1 aromatic rings. The number of likely N-dealkylation sites (tertiary alicyclic amines) is 1. The highest BCUT2D eigenvalue weighted by molar-refractivity contribution is 5.90. The molecule has 1 aromatic carbocycles. The molecule has 0 bridgehead atoms. The van der Waals surface area contributed by atoms with Crippen molar-refractivity contribution in [3.05, 3.63) is 29.8 Å². The Balaban J connectivity index is 2.09. The molecule has 1 atom stereocenters. The van der Waals surface area contributed by atoms with Gasteiger partial charge >= 0.3 is 6.03 Å². The molecule has 20 heavy (non-hydrogen) atoms. The highest BCUT2D eigenvalue weighted by Crippen LogP contribution is 2.29. The molecule has 2 N–H and O–H groups in total. The van der Waals surface area contributed by atoms with Crippen molar-refractivity contribution in [2.75, 3.05) is 25.0 Å². The number of hydrogen-bond acceptors (Lipinski definition) is 2. The van der Waals surface area contributed by atoms with Gasteiger partial charge in [0.2, 0.25) is 0 Å². The fraction of sp³-hybridized carbons (Fsp3) is 0.562. The van der Waals surface area contributed by atoms with Crippen LogP contribution in [0.4, 0.5) is 10.5 Å². The van der Waals surface area contributed by atoms with Gasteiger partial charge in [0.15, 0.2) is 0 Å². The number of carbonyl (C=O) groups excluding carboxylic acids is 1. The van der Waals surface area contributed by atoms with E-state index in [0.29, 0.717) is 6.54 Å². The lowest BCUT2D eigenvalue weighted by Gasteiger charge is -2.24. The third-order valence-corrected chi connectivity index (χ3v) is 3.81. The number of rotatable bonds is 2. The van der Waals surface area contributed by atoms with Gasteiger partial charge in [0, 0.05) is 31.3 Å². The summed E-state index contributed by atoms with van der Waals surface area (Å²) in [4.78, 5) is 14.1. The van der Waals surface area contributed by atoms with Crippen LogP contribution >= 0.6 is 0 Å². The van der Waals surface area contributed by atoms with Gasteiger partial charge in [-0.3, -0.25) is 0 Å². The third kappa shape index (κ3) is 3.31. The summed E-state index contributed by atoms with van der Waals surface area (Å²) in [6.07, 6.45) is 0.880. The van der Waals surface area contributed by atoms with Crippen molar-refractivity contribution >= 4 is 11.7 Å². The van der Waals surface area contributed by atoms with E-state index in [1.165, 1.54) is 0 Å². The Hall–Kier alpha value is -1.55. The SMILES string of the molecule is CC(C)(C)c1ccccc1NC(=O)N1CCC(CO)C1. The van der Waals surface area contributed by atoms with Crippen LogP contribution in [0.25, 0.3) is 0 Å². The second kappa shape index (κ2) is 5.83. The van der Waals surface area contributed by atoms with Crippen molar-refractivity contribution < 1.29 is 9.90 Å². The Bertz CT molecular complexity index is 480. The van der Waals surface area contributed by atoms with Gasteiger partial charge in [-0.15, -0.1) is 0 Å². The molecule has 2 amide bonds. The van der Waals surface area contributed by atoms with Crippen molar-refractivity contribution in [3.8, 4) is 0 Å². The quantitative estimate of drug-likeness (QED) is 0.872. The largest absolute Gasteiger partial charge is 0.396 e. The number of anilines is 1. The minimum Gasteiger partial charge on any atom is -0.396 e. The second-order valence-electron chi connectivity index (χ2n) is 6.51. The number of para-hydroxylation sites is 1. The Kier molecular flexibility index (Phi) is 4.33. The second-order valence-corrected chi connectivity index (χ2v) is 6.51. The van der Waals surface area contributed by atoms with Crippen LogP contribution in [0.2, 0.25) is 0 Å². The Morgan fingerprint density at radius 2 is 2.10 bits per heavy atom. The molecule has 4 nitrogen and oxygen atoms in total. The molecule has 0 spiro atoms.